The fraction of sp³-hybridized carbons (Fsp3) is 0.120. The Morgan fingerprint density at radius 1 is 0.788 bits per heavy atom. The summed E-state index contributed by atoms with van der Waals surface area (Å²) in [6.45, 7) is 1.90. The number of sulfonamides is 1. The van der Waals surface area contributed by atoms with Gasteiger partial charge in [0.15, 0.2) is 0 Å². The fourth-order valence-corrected chi connectivity index (χ4v) is 3.96. The zero-order valence-corrected chi connectivity index (χ0v) is 18.9. The lowest BCUT2D eigenvalue weighted by Gasteiger charge is -2.12. The molecule has 0 aromatic heterocycles. The normalized spacial score (nSPS) is 11.6. The van der Waals surface area contributed by atoms with Crippen molar-refractivity contribution in [2.45, 2.75) is 18.2 Å². The Hall–Kier alpha value is -3.75. The van der Waals surface area contributed by atoms with Crippen molar-refractivity contribution in [3.8, 4) is 0 Å². The molecule has 0 unspecified atom stereocenters. The lowest BCUT2D eigenvalue weighted by Crippen LogP contribution is -2.30. The van der Waals surface area contributed by atoms with Crippen molar-refractivity contribution in [3.63, 3.8) is 0 Å². The van der Waals surface area contributed by atoms with Gasteiger partial charge < -0.3 is 10.6 Å². The maximum atomic E-state index is 12.6. The summed E-state index contributed by atoms with van der Waals surface area (Å²) >= 11 is 0. The molecule has 0 aliphatic rings. The first-order valence-corrected chi connectivity index (χ1v) is 11.8. The molecule has 0 bridgehead atoms. The van der Waals surface area contributed by atoms with Crippen molar-refractivity contribution in [1.82, 2.24) is 15.4 Å². The molecular formula is C25H25N3O4S. The van der Waals surface area contributed by atoms with Crippen LogP contribution in [0.25, 0.3) is 0 Å². The van der Waals surface area contributed by atoms with E-state index in [4.69, 9.17) is 0 Å². The number of carbonyl (C=O) groups is 2. The average Bonchev–Trinajstić information content (AvgIpc) is 2.83. The summed E-state index contributed by atoms with van der Waals surface area (Å²) in [5.41, 5.74) is 2.22. The summed E-state index contributed by atoms with van der Waals surface area (Å²) in [6.07, 6.45) is 1.54. The van der Waals surface area contributed by atoms with Crippen LogP contribution in [0.3, 0.4) is 0 Å². The molecule has 33 heavy (non-hydrogen) atoms. The van der Waals surface area contributed by atoms with E-state index in [2.05, 4.69) is 15.4 Å². The highest BCUT2D eigenvalue weighted by Gasteiger charge is 2.14. The van der Waals surface area contributed by atoms with Gasteiger partial charge >= 0.3 is 0 Å². The van der Waals surface area contributed by atoms with Crippen LogP contribution in [0.2, 0.25) is 0 Å². The zero-order chi connectivity index (χ0) is 23.7. The Bertz CT molecular complexity index is 1220. The minimum Gasteiger partial charge on any atom is -0.327 e. The molecule has 7 nitrogen and oxygen atoms in total. The van der Waals surface area contributed by atoms with Crippen molar-refractivity contribution in [2.75, 3.05) is 6.54 Å². The monoisotopic (exact) mass is 463 g/mol. The van der Waals surface area contributed by atoms with Gasteiger partial charge in [-0.3, -0.25) is 9.59 Å². The molecular weight excluding hydrogens is 438 g/mol. The van der Waals surface area contributed by atoms with E-state index in [1.165, 1.54) is 18.3 Å². The molecule has 0 spiro atoms. The molecule has 3 aromatic rings. The van der Waals surface area contributed by atoms with Gasteiger partial charge in [-0.05, 0) is 43.3 Å². The van der Waals surface area contributed by atoms with Crippen LogP contribution in [0, 0.1) is 6.92 Å². The van der Waals surface area contributed by atoms with Crippen LogP contribution >= 0.6 is 0 Å². The zero-order valence-electron chi connectivity index (χ0n) is 18.1. The first-order valence-electron chi connectivity index (χ1n) is 10.3. The van der Waals surface area contributed by atoms with E-state index in [0.717, 1.165) is 5.56 Å². The highest BCUT2D eigenvalue weighted by atomic mass is 32.2. The summed E-state index contributed by atoms with van der Waals surface area (Å²) in [7, 11) is -3.70. The quantitative estimate of drug-likeness (QED) is 0.453. The molecule has 0 radical (unpaired) electrons. The minimum atomic E-state index is -3.70. The molecule has 0 saturated carbocycles. The van der Waals surface area contributed by atoms with Crippen molar-refractivity contribution >= 4 is 21.8 Å². The van der Waals surface area contributed by atoms with E-state index >= 15 is 0 Å². The number of benzene rings is 3. The topological polar surface area (TPSA) is 104 Å². The van der Waals surface area contributed by atoms with Gasteiger partial charge in [-0.1, -0.05) is 54.1 Å². The summed E-state index contributed by atoms with van der Waals surface area (Å²) in [6, 6.07) is 23.7. The van der Waals surface area contributed by atoms with E-state index in [9.17, 15) is 18.0 Å². The van der Waals surface area contributed by atoms with Gasteiger partial charge in [-0.25, -0.2) is 13.1 Å². The molecule has 0 heterocycles. The number of hydrogen-bond acceptors (Lipinski definition) is 4. The Morgan fingerprint density at radius 3 is 1.91 bits per heavy atom. The Labute approximate surface area is 193 Å². The van der Waals surface area contributed by atoms with Crippen LogP contribution in [-0.2, 0) is 10.0 Å². The Kier molecular flexibility index (Phi) is 8.12. The van der Waals surface area contributed by atoms with Crippen LogP contribution in [-0.4, -0.2) is 26.8 Å². The Balaban J connectivity index is 1.69. The second-order valence-electron chi connectivity index (χ2n) is 7.29. The molecule has 0 fully saturated rings. The van der Waals surface area contributed by atoms with Gasteiger partial charge in [0.2, 0.25) is 10.0 Å². The highest BCUT2D eigenvalue weighted by molar-refractivity contribution is 7.89. The van der Waals surface area contributed by atoms with Crippen molar-refractivity contribution in [2.24, 2.45) is 0 Å². The van der Waals surface area contributed by atoms with Crippen molar-refractivity contribution in [1.29, 1.82) is 0 Å². The van der Waals surface area contributed by atoms with E-state index in [0.29, 0.717) is 16.8 Å². The molecule has 3 rings (SSSR count). The lowest BCUT2D eigenvalue weighted by atomic mass is 10.2. The summed E-state index contributed by atoms with van der Waals surface area (Å²) < 4.78 is 27.6. The number of carbonyl (C=O) groups excluding carboxylic acids is 2. The third kappa shape index (κ3) is 7.13. The molecule has 0 atom stereocenters. The number of nitrogens with one attached hydrogen (secondary N) is 3. The van der Waals surface area contributed by atoms with Crippen molar-refractivity contribution < 1.29 is 18.0 Å². The van der Waals surface area contributed by atoms with E-state index in [1.54, 1.807) is 72.8 Å². The molecule has 3 aromatic carbocycles. The van der Waals surface area contributed by atoms with Gasteiger partial charge in [0.1, 0.15) is 0 Å². The summed E-state index contributed by atoms with van der Waals surface area (Å²) in [4.78, 5) is 25.1. The standard InChI is InChI=1S/C25H25N3O4S/c1-19-12-14-23(15-13-19)33(31,32)27-17-16-22(28-25(30)21-10-6-3-7-11-21)18-26-24(29)20-8-4-2-5-9-20/h2-15,18,27H,16-17H2,1H3,(H,26,29)(H,28,30). The van der Waals surface area contributed by atoms with Gasteiger partial charge in [-0.15, -0.1) is 0 Å². The highest BCUT2D eigenvalue weighted by Crippen LogP contribution is 2.10. The van der Waals surface area contributed by atoms with Crippen LogP contribution in [0.4, 0.5) is 0 Å². The van der Waals surface area contributed by atoms with Crippen LogP contribution in [0.5, 0.6) is 0 Å². The predicted molar refractivity (Wildman–Crippen MR) is 127 cm³/mol. The summed E-state index contributed by atoms with van der Waals surface area (Å²) in [5, 5.41) is 5.39. The second-order valence-corrected chi connectivity index (χ2v) is 9.06. The molecule has 0 aliphatic heterocycles. The van der Waals surface area contributed by atoms with Crippen LogP contribution in [0.15, 0.2) is 102 Å². The van der Waals surface area contributed by atoms with Gasteiger partial charge in [0, 0.05) is 36.0 Å². The van der Waals surface area contributed by atoms with E-state index in [1.807, 2.05) is 6.92 Å². The van der Waals surface area contributed by atoms with Gasteiger partial charge in [0.25, 0.3) is 11.8 Å². The van der Waals surface area contributed by atoms with Crippen molar-refractivity contribution in [3.05, 3.63) is 114 Å². The smallest absolute Gasteiger partial charge is 0.255 e. The lowest BCUT2D eigenvalue weighted by molar-refractivity contribution is 0.0951. The molecule has 8 heteroatoms. The van der Waals surface area contributed by atoms with Crippen LogP contribution < -0.4 is 15.4 Å². The minimum absolute atomic E-state index is 0.0261. The molecule has 170 valence electrons. The number of hydrogen-bond donors (Lipinski definition) is 3. The third-order valence-corrected chi connectivity index (χ3v) is 6.22. The largest absolute Gasteiger partial charge is 0.327 e. The average molecular weight is 464 g/mol. The molecule has 3 N–H and O–H groups in total. The SMILES string of the molecule is Cc1ccc(S(=O)(=O)NCCC(=CNC(=O)c2ccccc2)NC(=O)c2ccccc2)cc1. The molecule has 0 aliphatic carbocycles. The molecule has 2 amide bonds. The first-order chi connectivity index (χ1) is 15.8. The first kappa shape index (κ1) is 23.9. The number of aryl methyl sites for hydroxylation is 1. The van der Waals surface area contributed by atoms with E-state index in [-0.39, 0.29) is 29.7 Å². The Morgan fingerprint density at radius 2 is 1.33 bits per heavy atom. The fourth-order valence-electron chi connectivity index (χ4n) is 2.92. The maximum Gasteiger partial charge on any atom is 0.255 e. The number of rotatable bonds is 9. The number of amides is 2. The third-order valence-electron chi connectivity index (χ3n) is 4.74. The maximum absolute atomic E-state index is 12.6. The summed E-state index contributed by atoms with van der Waals surface area (Å²) in [5.74, 6) is -0.709. The second kappa shape index (κ2) is 11.2. The van der Waals surface area contributed by atoms with Gasteiger partial charge in [-0.2, -0.15) is 0 Å². The molecule has 0 saturated heterocycles. The van der Waals surface area contributed by atoms with E-state index < -0.39 is 10.0 Å². The van der Waals surface area contributed by atoms with Gasteiger partial charge in [0.05, 0.1) is 4.90 Å². The predicted octanol–water partition coefficient (Wildman–Crippen LogP) is 3.36. The van der Waals surface area contributed by atoms with Crippen LogP contribution in [0.1, 0.15) is 32.7 Å².